The number of fused-ring (bicyclic) bond motifs is 1. The molecule has 2 aromatic heterocycles. The van der Waals surface area contributed by atoms with E-state index in [9.17, 15) is 9.59 Å². The van der Waals surface area contributed by atoms with E-state index in [1.165, 1.54) is 0 Å². The number of ether oxygens (including phenoxy) is 1. The molecule has 0 aliphatic heterocycles. The van der Waals surface area contributed by atoms with Crippen LogP contribution in [0.2, 0.25) is 0 Å². The van der Waals surface area contributed by atoms with E-state index in [-0.39, 0.29) is 12.0 Å². The van der Waals surface area contributed by atoms with Crippen LogP contribution >= 0.6 is 11.3 Å². The SMILES string of the molecule is CCc1sc2nc(CC)n(CCCC(=O)O)c(=O)c2c1-c1cccc(OC)c1. The lowest BCUT2D eigenvalue weighted by molar-refractivity contribution is -0.137. The maximum Gasteiger partial charge on any atom is 0.303 e. The Morgan fingerprint density at radius 3 is 2.71 bits per heavy atom. The summed E-state index contributed by atoms with van der Waals surface area (Å²) in [6, 6.07) is 7.70. The summed E-state index contributed by atoms with van der Waals surface area (Å²) < 4.78 is 6.99. The Kier molecular flexibility index (Phi) is 6.14. The van der Waals surface area contributed by atoms with Crippen molar-refractivity contribution in [3.63, 3.8) is 0 Å². The van der Waals surface area contributed by atoms with E-state index in [4.69, 9.17) is 14.8 Å². The number of rotatable bonds is 8. The molecule has 1 aromatic carbocycles. The topological polar surface area (TPSA) is 81.4 Å². The van der Waals surface area contributed by atoms with Crippen LogP contribution in [0.3, 0.4) is 0 Å². The fraction of sp³-hybridized carbons (Fsp3) is 0.381. The van der Waals surface area contributed by atoms with E-state index in [0.29, 0.717) is 30.6 Å². The Balaban J connectivity index is 2.23. The van der Waals surface area contributed by atoms with Gasteiger partial charge in [0, 0.05) is 29.8 Å². The minimum absolute atomic E-state index is 0.0280. The normalized spacial score (nSPS) is 11.1. The highest BCUT2D eigenvalue weighted by Crippen LogP contribution is 2.37. The van der Waals surface area contributed by atoms with Gasteiger partial charge in [-0.2, -0.15) is 0 Å². The molecule has 3 aromatic rings. The third-order valence-corrected chi connectivity index (χ3v) is 5.96. The van der Waals surface area contributed by atoms with Crippen LogP contribution in [-0.2, 0) is 24.2 Å². The van der Waals surface area contributed by atoms with E-state index in [0.717, 1.165) is 33.0 Å². The number of hydrogen-bond acceptors (Lipinski definition) is 5. The number of aromatic nitrogens is 2. The van der Waals surface area contributed by atoms with Gasteiger partial charge in [0.1, 0.15) is 16.4 Å². The Labute approximate surface area is 167 Å². The van der Waals surface area contributed by atoms with Crippen molar-refractivity contribution in [2.75, 3.05) is 7.11 Å². The van der Waals surface area contributed by atoms with Gasteiger partial charge in [-0.3, -0.25) is 14.2 Å². The van der Waals surface area contributed by atoms with Crippen molar-refractivity contribution in [3.8, 4) is 16.9 Å². The van der Waals surface area contributed by atoms with Gasteiger partial charge >= 0.3 is 5.97 Å². The van der Waals surface area contributed by atoms with Crippen LogP contribution < -0.4 is 10.3 Å². The maximum absolute atomic E-state index is 13.4. The number of aliphatic carboxylic acids is 1. The second-order valence-electron chi connectivity index (χ2n) is 6.50. The van der Waals surface area contributed by atoms with Gasteiger partial charge in [-0.1, -0.05) is 26.0 Å². The summed E-state index contributed by atoms with van der Waals surface area (Å²) in [5.41, 5.74) is 1.75. The molecule has 0 amide bonds. The molecule has 0 unspecified atom stereocenters. The zero-order valence-corrected chi connectivity index (χ0v) is 17.1. The highest BCUT2D eigenvalue weighted by Gasteiger charge is 2.20. The molecule has 0 bridgehead atoms. The summed E-state index contributed by atoms with van der Waals surface area (Å²) in [4.78, 5) is 30.9. The van der Waals surface area contributed by atoms with Gasteiger partial charge in [0.05, 0.1) is 12.5 Å². The Bertz CT molecular complexity index is 1070. The number of aryl methyl sites for hydroxylation is 2. The first-order chi connectivity index (χ1) is 13.5. The number of thiophene rings is 1. The third-order valence-electron chi connectivity index (χ3n) is 4.73. The number of carboxylic acids is 1. The number of nitrogens with zero attached hydrogens (tertiary/aromatic N) is 2. The molecular formula is C21H24N2O4S. The number of benzene rings is 1. The number of methoxy groups -OCH3 is 1. The summed E-state index contributed by atoms with van der Waals surface area (Å²) in [7, 11) is 1.62. The van der Waals surface area contributed by atoms with Gasteiger partial charge in [-0.15, -0.1) is 11.3 Å². The van der Waals surface area contributed by atoms with Gasteiger partial charge in [-0.05, 0) is 30.5 Å². The maximum atomic E-state index is 13.4. The second-order valence-corrected chi connectivity index (χ2v) is 7.59. The zero-order valence-electron chi connectivity index (χ0n) is 16.3. The molecule has 0 saturated carbocycles. The fourth-order valence-electron chi connectivity index (χ4n) is 3.39. The minimum Gasteiger partial charge on any atom is -0.497 e. The minimum atomic E-state index is -0.860. The average Bonchev–Trinajstić information content (AvgIpc) is 3.08. The molecular weight excluding hydrogens is 376 g/mol. The van der Waals surface area contributed by atoms with E-state index in [1.807, 2.05) is 31.2 Å². The van der Waals surface area contributed by atoms with E-state index in [1.54, 1.807) is 23.0 Å². The molecule has 1 N–H and O–H groups in total. The first kappa shape index (κ1) is 20.1. The van der Waals surface area contributed by atoms with E-state index in [2.05, 4.69) is 6.92 Å². The van der Waals surface area contributed by atoms with Crippen LogP contribution in [0.5, 0.6) is 5.75 Å². The largest absolute Gasteiger partial charge is 0.497 e. The van der Waals surface area contributed by atoms with Crippen molar-refractivity contribution < 1.29 is 14.6 Å². The predicted octanol–water partition coefficient (Wildman–Crippen LogP) is 4.12. The molecule has 28 heavy (non-hydrogen) atoms. The van der Waals surface area contributed by atoms with Gasteiger partial charge in [0.2, 0.25) is 0 Å². The Morgan fingerprint density at radius 2 is 2.07 bits per heavy atom. The molecule has 0 radical (unpaired) electrons. The summed E-state index contributed by atoms with van der Waals surface area (Å²) in [6.07, 6.45) is 1.84. The smallest absolute Gasteiger partial charge is 0.303 e. The quantitative estimate of drug-likeness (QED) is 0.615. The molecule has 7 heteroatoms. The van der Waals surface area contributed by atoms with Crippen molar-refractivity contribution in [1.82, 2.24) is 9.55 Å². The summed E-state index contributed by atoms with van der Waals surface area (Å²) in [5.74, 6) is 0.573. The van der Waals surface area contributed by atoms with Crippen molar-refractivity contribution in [2.45, 2.75) is 46.1 Å². The highest BCUT2D eigenvalue weighted by atomic mass is 32.1. The molecule has 0 atom stereocenters. The number of carbonyl (C=O) groups is 1. The molecule has 0 aliphatic rings. The Morgan fingerprint density at radius 1 is 1.29 bits per heavy atom. The van der Waals surface area contributed by atoms with Crippen LogP contribution in [-0.4, -0.2) is 27.7 Å². The van der Waals surface area contributed by atoms with Crippen LogP contribution in [0.25, 0.3) is 21.3 Å². The predicted molar refractivity (Wildman–Crippen MR) is 111 cm³/mol. The summed E-state index contributed by atoms with van der Waals surface area (Å²) in [5, 5.41) is 9.54. The van der Waals surface area contributed by atoms with Crippen LogP contribution in [0.15, 0.2) is 29.1 Å². The summed E-state index contributed by atoms with van der Waals surface area (Å²) in [6.45, 7) is 4.38. The van der Waals surface area contributed by atoms with E-state index < -0.39 is 5.97 Å². The molecule has 0 fully saturated rings. The number of carboxylic acid groups (broad SMARTS) is 1. The zero-order chi connectivity index (χ0) is 20.3. The molecule has 148 valence electrons. The first-order valence-electron chi connectivity index (χ1n) is 9.41. The average molecular weight is 401 g/mol. The van der Waals surface area contributed by atoms with Crippen molar-refractivity contribution >= 4 is 27.5 Å². The molecule has 2 heterocycles. The second kappa shape index (κ2) is 8.56. The lowest BCUT2D eigenvalue weighted by Crippen LogP contribution is -2.25. The molecule has 6 nitrogen and oxygen atoms in total. The molecule has 0 saturated heterocycles. The standard InChI is InChI=1S/C21H24N2O4S/c1-4-15-18(13-8-6-9-14(12-13)27-3)19-20(28-15)22-16(5-2)23(21(19)26)11-7-10-17(24)25/h6,8-9,12H,4-5,7,10-11H2,1-3H3,(H,24,25). The van der Waals surface area contributed by atoms with Crippen molar-refractivity contribution in [2.24, 2.45) is 0 Å². The highest BCUT2D eigenvalue weighted by molar-refractivity contribution is 7.19. The first-order valence-corrected chi connectivity index (χ1v) is 10.2. The van der Waals surface area contributed by atoms with Gasteiger partial charge < -0.3 is 9.84 Å². The van der Waals surface area contributed by atoms with E-state index >= 15 is 0 Å². The lowest BCUT2D eigenvalue weighted by Gasteiger charge is -2.11. The molecule has 0 spiro atoms. The Hall–Kier alpha value is -2.67. The third kappa shape index (κ3) is 3.80. The number of hydrogen-bond donors (Lipinski definition) is 1. The van der Waals surface area contributed by atoms with Crippen molar-refractivity contribution in [1.29, 1.82) is 0 Å². The lowest BCUT2D eigenvalue weighted by atomic mass is 10.0. The van der Waals surface area contributed by atoms with Crippen molar-refractivity contribution in [3.05, 3.63) is 45.3 Å². The summed E-state index contributed by atoms with van der Waals surface area (Å²) >= 11 is 1.55. The molecule has 0 aliphatic carbocycles. The monoisotopic (exact) mass is 400 g/mol. The van der Waals surface area contributed by atoms with Gasteiger partial charge in [-0.25, -0.2) is 4.98 Å². The van der Waals surface area contributed by atoms with Gasteiger partial charge in [0.15, 0.2) is 0 Å². The van der Waals surface area contributed by atoms with Crippen LogP contribution in [0, 0.1) is 0 Å². The van der Waals surface area contributed by atoms with Crippen LogP contribution in [0.1, 0.15) is 37.4 Å². The fourth-order valence-corrected chi connectivity index (χ4v) is 4.54. The van der Waals surface area contributed by atoms with Gasteiger partial charge in [0.25, 0.3) is 5.56 Å². The van der Waals surface area contributed by atoms with Crippen LogP contribution in [0.4, 0.5) is 0 Å². The molecule has 3 rings (SSSR count).